The summed E-state index contributed by atoms with van der Waals surface area (Å²) in [4.78, 5) is 4.20. The molecular formula is C16H13BrN2. The zero-order chi connectivity index (χ0) is 13.2. The molecule has 0 aliphatic rings. The van der Waals surface area contributed by atoms with Crippen LogP contribution in [-0.4, -0.2) is 9.55 Å². The van der Waals surface area contributed by atoms with Gasteiger partial charge in [0, 0.05) is 16.4 Å². The molecule has 0 aliphatic heterocycles. The minimum absolute atomic E-state index is 1.09. The van der Waals surface area contributed by atoms with Gasteiger partial charge in [0.25, 0.3) is 0 Å². The predicted octanol–water partition coefficient (Wildman–Crippen LogP) is 4.61. The zero-order valence-corrected chi connectivity index (χ0v) is 12.1. The smallest absolute Gasteiger partial charge is 0.0641 e. The van der Waals surface area contributed by atoms with Gasteiger partial charge in [0.2, 0.25) is 0 Å². The number of rotatable bonds is 2. The summed E-state index contributed by atoms with van der Waals surface area (Å²) >= 11 is 3.47. The highest BCUT2D eigenvalue weighted by molar-refractivity contribution is 9.10. The summed E-state index contributed by atoms with van der Waals surface area (Å²) in [6.07, 6.45) is 3.68. The summed E-state index contributed by atoms with van der Waals surface area (Å²) in [7, 11) is 0. The van der Waals surface area contributed by atoms with Gasteiger partial charge in [-0.05, 0) is 48.9 Å². The first-order chi connectivity index (χ1) is 9.25. The molecule has 19 heavy (non-hydrogen) atoms. The van der Waals surface area contributed by atoms with Crippen LogP contribution in [0, 0.1) is 6.92 Å². The van der Waals surface area contributed by atoms with Crippen LogP contribution in [0.3, 0.4) is 0 Å². The lowest BCUT2D eigenvalue weighted by molar-refractivity contribution is 1.01. The first-order valence-corrected chi connectivity index (χ1v) is 6.90. The Morgan fingerprint density at radius 1 is 1.00 bits per heavy atom. The fourth-order valence-corrected chi connectivity index (χ4v) is 2.48. The molecule has 0 saturated carbocycles. The van der Waals surface area contributed by atoms with E-state index in [0.29, 0.717) is 0 Å². The normalized spacial score (nSPS) is 10.6. The van der Waals surface area contributed by atoms with Crippen molar-refractivity contribution in [3.63, 3.8) is 0 Å². The summed E-state index contributed by atoms with van der Waals surface area (Å²) in [6, 6.07) is 16.7. The van der Waals surface area contributed by atoms with Crippen LogP contribution < -0.4 is 0 Å². The van der Waals surface area contributed by atoms with Crippen molar-refractivity contribution in [1.82, 2.24) is 9.55 Å². The van der Waals surface area contributed by atoms with Crippen molar-refractivity contribution in [2.24, 2.45) is 0 Å². The molecule has 0 amide bonds. The van der Waals surface area contributed by atoms with E-state index in [0.717, 1.165) is 10.2 Å². The van der Waals surface area contributed by atoms with Crippen LogP contribution in [-0.2, 0) is 0 Å². The Morgan fingerprint density at radius 3 is 2.47 bits per heavy atom. The number of hydrogen-bond acceptors (Lipinski definition) is 1. The van der Waals surface area contributed by atoms with Gasteiger partial charge in [-0.2, -0.15) is 0 Å². The minimum Gasteiger partial charge on any atom is -0.312 e. The van der Waals surface area contributed by atoms with E-state index in [1.54, 1.807) is 6.20 Å². The van der Waals surface area contributed by atoms with Crippen molar-refractivity contribution in [3.8, 4) is 16.9 Å². The standard InChI is InChI=1S/C16H13BrN2/c1-12-4-9-16(13-5-7-14(17)8-6-13)19(12)15-3-2-10-18-11-15/h2-11H,1H3. The fourth-order valence-electron chi connectivity index (χ4n) is 2.21. The molecule has 3 aromatic rings. The van der Waals surface area contributed by atoms with Crippen LogP contribution in [0.1, 0.15) is 5.69 Å². The highest BCUT2D eigenvalue weighted by atomic mass is 79.9. The third-order valence-electron chi connectivity index (χ3n) is 3.12. The van der Waals surface area contributed by atoms with Gasteiger partial charge in [0.15, 0.2) is 0 Å². The van der Waals surface area contributed by atoms with Crippen molar-refractivity contribution >= 4 is 15.9 Å². The van der Waals surface area contributed by atoms with Crippen molar-refractivity contribution in [3.05, 3.63) is 71.1 Å². The molecule has 3 heteroatoms. The Bertz CT molecular complexity index is 685. The number of benzene rings is 1. The Labute approximate surface area is 120 Å². The van der Waals surface area contributed by atoms with Crippen molar-refractivity contribution in [1.29, 1.82) is 0 Å². The Hall–Kier alpha value is -1.87. The molecule has 0 radical (unpaired) electrons. The third-order valence-corrected chi connectivity index (χ3v) is 3.65. The van der Waals surface area contributed by atoms with Gasteiger partial charge in [0.05, 0.1) is 17.6 Å². The lowest BCUT2D eigenvalue weighted by atomic mass is 10.1. The summed E-state index contributed by atoms with van der Waals surface area (Å²) < 4.78 is 3.31. The monoisotopic (exact) mass is 312 g/mol. The van der Waals surface area contributed by atoms with Crippen molar-refractivity contribution < 1.29 is 0 Å². The average Bonchev–Trinajstić information content (AvgIpc) is 2.82. The van der Waals surface area contributed by atoms with Crippen LogP contribution in [0.4, 0.5) is 0 Å². The van der Waals surface area contributed by atoms with E-state index in [-0.39, 0.29) is 0 Å². The first-order valence-electron chi connectivity index (χ1n) is 6.10. The van der Waals surface area contributed by atoms with Gasteiger partial charge >= 0.3 is 0 Å². The molecule has 0 spiro atoms. The third kappa shape index (κ3) is 2.34. The van der Waals surface area contributed by atoms with E-state index >= 15 is 0 Å². The van der Waals surface area contributed by atoms with E-state index in [1.807, 2.05) is 12.3 Å². The largest absolute Gasteiger partial charge is 0.312 e. The van der Waals surface area contributed by atoms with E-state index < -0.39 is 0 Å². The van der Waals surface area contributed by atoms with Crippen LogP contribution in [0.2, 0.25) is 0 Å². The Balaban J connectivity index is 2.16. The van der Waals surface area contributed by atoms with Gasteiger partial charge in [0.1, 0.15) is 0 Å². The molecule has 0 atom stereocenters. The van der Waals surface area contributed by atoms with Crippen molar-refractivity contribution in [2.45, 2.75) is 6.92 Å². The Kier molecular flexibility index (Phi) is 3.22. The maximum Gasteiger partial charge on any atom is 0.0641 e. The molecule has 0 N–H and O–H groups in total. The van der Waals surface area contributed by atoms with E-state index in [2.05, 4.69) is 74.9 Å². The fraction of sp³-hybridized carbons (Fsp3) is 0.0625. The van der Waals surface area contributed by atoms with Gasteiger partial charge in [-0.25, -0.2) is 0 Å². The number of pyridine rings is 1. The predicted molar refractivity (Wildman–Crippen MR) is 81.4 cm³/mol. The van der Waals surface area contributed by atoms with Gasteiger partial charge in [-0.1, -0.05) is 28.1 Å². The highest BCUT2D eigenvalue weighted by Gasteiger charge is 2.09. The molecule has 2 aromatic heterocycles. The SMILES string of the molecule is Cc1ccc(-c2ccc(Br)cc2)n1-c1cccnc1. The lowest BCUT2D eigenvalue weighted by Gasteiger charge is -2.11. The summed E-state index contributed by atoms with van der Waals surface area (Å²) in [5, 5.41) is 0. The summed E-state index contributed by atoms with van der Waals surface area (Å²) in [5.41, 5.74) is 4.66. The molecule has 1 aromatic carbocycles. The van der Waals surface area contributed by atoms with Gasteiger partial charge in [-0.3, -0.25) is 4.98 Å². The van der Waals surface area contributed by atoms with Gasteiger partial charge < -0.3 is 4.57 Å². The van der Waals surface area contributed by atoms with E-state index in [4.69, 9.17) is 0 Å². The molecule has 3 rings (SSSR count). The quantitative estimate of drug-likeness (QED) is 0.675. The van der Waals surface area contributed by atoms with Crippen LogP contribution in [0.15, 0.2) is 65.4 Å². The number of hydrogen-bond donors (Lipinski definition) is 0. The van der Waals surface area contributed by atoms with Gasteiger partial charge in [-0.15, -0.1) is 0 Å². The highest BCUT2D eigenvalue weighted by Crippen LogP contribution is 2.27. The number of aromatic nitrogens is 2. The number of halogens is 1. The second kappa shape index (κ2) is 5.02. The zero-order valence-electron chi connectivity index (χ0n) is 10.5. The number of aryl methyl sites for hydroxylation is 1. The molecule has 0 aliphatic carbocycles. The van der Waals surface area contributed by atoms with Crippen LogP contribution >= 0.6 is 15.9 Å². The molecule has 0 bridgehead atoms. The van der Waals surface area contributed by atoms with Crippen molar-refractivity contribution in [2.75, 3.05) is 0 Å². The molecule has 2 nitrogen and oxygen atoms in total. The average molecular weight is 313 g/mol. The first kappa shape index (κ1) is 12.2. The van der Waals surface area contributed by atoms with E-state index in [1.165, 1.54) is 17.0 Å². The van der Waals surface area contributed by atoms with Crippen LogP contribution in [0.25, 0.3) is 16.9 Å². The topological polar surface area (TPSA) is 17.8 Å². The van der Waals surface area contributed by atoms with Crippen LogP contribution in [0.5, 0.6) is 0 Å². The molecule has 0 fully saturated rings. The second-order valence-corrected chi connectivity index (χ2v) is 5.33. The second-order valence-electron chi connectivity index (χ2n) is 4.41. The molecule has 0 saturated heterocycles. The minimum atomic E-state index is 1.09. The summed E-state index contributed by atoms with van der Waals surface area (Å²) in [6.45, 7) is 2.11. The Morgan fingerprint density at radius 2 is 1.79 bits per heavy atom. The maximum absolute atomic E-state index is 4.20. The molecular weight excluding hydrogens is 300 g/mol. The maximum atomic E-state index is 4.20. The molecule has 2 heterocycles. The molecule has 0 unspecified atom stereocenters. The summed E-state index contributed by atoms with van der Waals surface area (Å²) in [5.74, 6) is 0. The molecule has 94 valence electrons. The van der Waals surface area contributed by atoms with E-state index in [9.17, 15) is 0 Å². The number of nitrogens with zero attached hydrogens (tertiary/aromatic N) is 2. The lowest BCUT2D eigenvalue weighted by Crippen LogP contribution is -1.99.